The van der Waals surface area contributed by atoms with Gasteiger partial charge in [-0.15, -0.1) is 0 Å². The molecule has 0 bridgehead atoms. The summed E-state index contributed by atoms with van der Waals surface area (Å²) in [4.78, 5) is 0. The highest BCUT2D eigenvalue weighted by Gasteiger charge is 2.23. The summed E-state index contributed by atoms with van der Waals surface area (Å²) in [6.07, 6.45) is 1.69. The molecular formula is C14H22N2O2. The van der Waals surface area contributed by atoms with Gasteiger partial charge in [0.05, 0.1) is 6.61 Å². The third kappa shape index (κ3) is 3.95. The van der Waals surface area contributed by atoms with E-state index in [1.165, 1.54) is 5.56 Å². The van der Waals surface area contributed by atoms with E-state index in [-0.39, 0.29) is 11.3 Å². The number of aryl methyl sites for hydroxylation is 1. The Balaban J connectivity index is 2.51. The number of ether oxygens (including phenoxy) is 1. The molecule has 100 valence electrons. The average molecular weight is 250 g/mol. The van der Waals surface area contributed by atoms with Gasteiger partial charge in [-0.25, -0.2) is 0 Å². The number of nitrogens with zero attached hydrogens (tertiary/aromatic N) is 1. The fourth-order valence-corrected chi connectivity index (χ4v) is 1.54. The minimum Gasteiger partial charge on any atom is -0.494 e. The van der Waals surface area contributed by atoms with Crippen molar-refractivity contribution >= 4 is 5.84 Å². The van der Waals surface area contributed by atoms with Crippen molar-refractivity contribution in [3.8, 4) is 5.75 Å². The summed E-state index contributed by atoms with van der Waals surface area (Å²) in [5.41, 5.74) is 6.51. The second-order valence-electron chi connectivity index (χ2n) is 4.97. The van der Waals surface area contributed by atoms with Gasteiger partial charge in [-0.1, -0.05) is 38.1 Å². The number of amidine groups is 1. The molecule has 0 radical (unpaired) electrons. The first-order chi connectivity index (χ1) is 8.49. The van der Waals surface area contributed by atoms with Gasteiger partial charge < -0.3 is 15.7 Å². The van der Waals surface area contributed by atoms with Crippen LogP contribution in [0.4, 0.5) is 0 Å². The van der Waals surface area contributed by atoms with E-state index in [0.29, 0.717) is 13.0 Å². The first-order valence-corrected chi connectivity index (χ1v) is 6.19. The number of oxime groups is 1. The molecular weight excluding hydrogens is 228 g/mol. The molecule has 1 rings (SSSR count). The smallest absolute Gasteiger partial charge is 0.144 e. The third-order valence-electron chi connectivity index (χ3n) is 3.10. The van der Waals surface area contributed by atoms with Crippen LogP contribution in [0.25, 0.3) is 0 Å². The van der Waals surface area contributed by atoms with Crippen LogP contribution < -0.4 is 10.5 Å². The van der Waals surface area contributed by atoms with Crippen LogP contribution in [-0.4, -0.2) is 17.6 Å². The van der Waals surface area contributed by atoms with Crippen molar-refractivity contribution in [1.82, 2.24) is 0 Å². The first kappa shape index (κ1) is 14.4. The van der Waals surface area contributed by atoms with Crippen LogP contribution in [0.3, 0.4) is 0 Å². The SMILES string of the molecule is CCc1cccc(OCCC(C)(C)C(N)=NO)c1. The maximum Gasteiger partial charge on any atom is 0.144 e. The second kappa shape index (κ2) is 6.28. The predicted molar refractivity (Wildman–Crippen MR) is 73.1 cm³/mol. The van der Waals surface area contributed by atoms with Gasteiger partial charge in [0.1, 0.15) is 11.6 Å². The zero-order valence-electron chi connectivity index (χ0n) is 11.3. The molecule has 0 aromatic heterocycles. The van der Waals surface area contributed by atoms with Gasteiger partial charge in [0.25, 0.3) is 0 Å². The van der Waals surface area contributed by atoms with Crippen LogP contribution in [-0.2, 0) is 6.42 Å². The molecule has 0 amide bonds. The lowest BCUT2D eigenvalue weighted by molar-refractivity contribution is 0.259. The predicted octanol–water partition coefficient (Wildman–Crippen LogP) is 2.79. The zero-order valence-corrected chi connectivity index (χ0v) is 11.3. The molecule has 0 spiro atoms. The van der Waals surface area contributed by atoms with E-state index in [2.05, 4.69) is 18.1 Å². The highest BCUT2D eigenvalue weighted by molar-refractivity contribution is 5.85. The Morgan fingerprint density at radius 2 is 2.17 bits per heavy atom. The molecule has 3 N–H and O–H groups in total. The molecule has 1 aromatic rings. The molecule has 18 heavy (non-hydrogen) atoms. The van der Waals surface area contributed by atoms with Crippen LogP contribution in [0.2, 0.25) is 0 Å². The van der Waals surface area contributed by atoms with E-state index < -0.39 is 0 Å². The lowest BCUT2D eigenvalue weighted by Crippen LogP contribution is -2.33. The minimum absolute atomic E-state index is 0.230. The molecule has 0 saturated carbocycles. The van der Waals surface area contributed by atoms with Crippen molar-refractivity contribution in [2.75, 3.05) is 6.61 Å². The highest BCUT2D eigenvalue weighted by Crippen LogP contribution is 2.21. The zero-order chi connectivity index (χ0) is 13.6. The fraction of sp³-hybridized carbons (Fsp3) is 0.500. The van der Waals surface area contributed by atoms with Gasteiger partial charge in [-0.05, 0) is 30.5 Å². The largest absolute Gasteiger partial charge is 0.494 e. The van der Waals surface area contributed by atoms with Gasteiger partial charge in [0.2, 0.25) is 0 Å². The summed E-state index contributed by atoms with van der Waals surface area (Å²) in [5, 5.41) is 11.7. The quantitative estimate of drug-likeness (QED) is 0.353. The lowest BCUT2D eigenvalue weighted by Gasteiger charge is -2.22. The Kier molecular flexibility index (Phi) is 5.01. The Bertz CT molecular complexity index is 414. The van der Waals surface area contributed by atoms with E-state index in [0.717, 1.165) is 12.2 Å². The van der Waals surface area contributed by atoms with Crippen molar-refractivity contribution in [2.24, 2.45) is 16.3 Å². The molecule has 0 aliphatic rings. The van der Waals surface area contributed by atoms with Gasteiger partial charge in [-0.2, -0.15) is 0 Å². The second-order valence-corrected chi connectivity index (χ2v) is 4.97. The molecule has 0 atom stereocenters. The summed E-state index contributed by atoms with van der Waals surface area (Å²) in [7, 11) is 0. The number of benzene rings is 1. The number of nitrogens with two attached hydrogens (primary N) is 1. The Morgan fingerprint density at radius 3 is 2.78 bits per heavy atom. The number of rotatable bonds is 6. The first-order valence-electron chi connectivity index (χ1n) is 6.19. The number of hydrogen-bond acceptors (Lipinski definition) is 3. The van der Waals surface area contributed by atoms with Crippen LogP contribution in [0.5, 0.6) is 5.75 Å². The maximum absolute atomic E-state index is 8.68. The van der Waals surface area contributed by atoms with E-state index in [9.17, 15) is 0 Å². The normalized spacial score (nSPS) is 12.5. The maximum atomic E-state index is 8.68. The minimum atomic E-state index is -0.364. The van der Waals surface area contributed by atoms with E-state index in [4.69, 9.17) is 15.7 Å². The number of hydrogen-bond donors (Lipinski definition) is 2. The summed E-state index contributed by atoms with van der Waals surface area (Å²) < 4.78 is 5.69. The fourth-order valence-electron chi connectivity index (χ4n) is 1.54. The summed E-state index contributed by atoms with van der Waals surface area (Å²) in [6, 6.07) is 8.04. The van der Waals surface area contributed by atoms with Gasteiger partial charge >= 0.3 is 0 Å². The molecule has 0 aliphatic heterocycles. The Labute approximate surface area is 108 Å². The van der Waals surface area contributed by atoms with Crippen molar-refractivity contribution in [3.63, 3.8) is 0 Å². The molecule has 0 heterocycles. The molecule has 1 aromatic carbocycles. The van der Waals surface area contributed by atoms with Crippen LogP contribution in [0.1, 0.15) is 32.8 Å². The average Bonchev–Trinajstić information content (AvgIpc) is 2.37. The summed E-state index contributed by atoms with van der Waals surface area (Å²) >= 11 is 0. The van der Waals surface area contributed by atoms with Crippen molar-refractivity contribution in [2.45, 2.75) is 33.6 Å². The van der Waals surface area contributed by atoms with Crippen LogP contribution >= 0.6 is 0 Å². The molecule has 4 nitrogen and oxygen atoms in total. The van der Waals surface area contributed by atoms with Crippen molar-refractivity contribution < 1.29 is 9.94 Å². The van der Waals surface area contributed by atoms with Gasteiger partial charge in [-0.3, -0.25) is 0 Å². The van der Waals surface area contributed by atoms with Crippen molar-refractivity contribution in [3.05, 3.63) is 29.8 Å². The Morgan fingerprint density at radius 1 is 1.44 bits per heavy atom. The van der Waals surface area contributed by atoms with Crippen LogP contribution in [0.15, 0.2) is 29.4 Å². The molecule has 0 saturated heterocycles. The van der Waals surface area contributed by atoms with E-state index in [1.807, 2.05) is 32.0 Å². The standard InChI is InChI=1S/C14H22N2O2/c1-4-11-6-5-7-12(10-11)18-9-8-14(2,3)13(15)16-17/h5-7,10,17H,4,8-9H2,1-3H3,(H2,15,16). The van der Waals surface area contributed by atoms with Gasteiger partial charge in [0, 0.05) is 5.41 Å². The molecule has 0 aliphatic carbocycles. The van der Waals surface area contributed by atoms with Gasteiger partial charge in [0.15, 0.2) is 0 Å². The highest BCUT2D eigenvalue weighted by atomic mass is 16.5. The van der Waals surface area contributed by atoms with E-state index in [1.54, 1.807) is 0 Å². The lowest BCUT2D eigenvalue weighted by atomic mass is 9.88. The van der Waals surface area contributed by atoms with Crippen LogP contribution in [0, 0.1) is 5.41 Å². The summed E-state index contributed by atoms with van der Waals surface area (Å²) in [5.74, 6) is 1.10. The monoisotopic (exact) mass is 250 g/mol. The third-order valence-corrected chi connectivity index (χ3v) is 3.10. The summed E-state index contributed by atoms with van der Waals surface area (Å²) in [6.45, 7) is 6.50. The Hall–Kier alpha value is -1.71. The van der Waals surface area contributed by atoms with Crippen molar-refractivity contribution in [1.29, 1.82) is 0 Å². The molecule has 4 heteroatoms. The van der Waals surface area contributed by atoms with E-state index >= 15 is 0 Å². The molecule has 0 fully saturated rings. The topological polar surface area (TPSA) is 67.8 Å². The molecule has 0 unspecified atom stereocenters.